The quantitative estimate of drug-likeness (QED) is 0.580. The number of ether oxygens (including phenoxy) is 2. The van der Waals surface area contributed by atoms with E-state index < -0.39 is 17.6 Å². The molecule has 0 radical (unpaired) electrons. The van der Waals surface area contributed by atoms with Crippen molar-refractivity contribution in [2.75, 3.05) is 19.5 Å². The number of methoxy groups -OCH3 is 2. The topological polar surface area (TPSA) is 88.0 Å². The minimum atomic E-state index is -1.90. The smallest absolute Gasteiger partial charge is 0.257 e. The molecule has 0 bridgehead atoms. The number of nitrogens with one attached hydrogen (secondary N) is 1. The van der Waals surface area contributed by atoms with Gasteiger partial charge in [-0.1, -0.05) is 42.0 Å². The Bertz CT molecular complexity index is 1120. The summed E-state index contributed by atoms with van der Waals surface area (Å²) in [6.07, 6.45) is 2.85. The van der Waals surface area contributed by atoms with Crippen LogP contribution in [0.25, 0.3) is 0 Å². The van der Waals surface area contributed by atoms with Gasteiger partial charge >= 0.3 is 0 Å². The maximum Gasteiger partial charge on any atom is 0.257 e. The number of allylic oxidation sites excluding steroid dienone is 3. The molecular weight excluding hydrogens is 418 g/mol. The highest BCUT2D eigenvalue weighted by molar-refractivity contribution is 6.00. The van der Waals surface area contributed by atoms with Gasteiger partial charge in [0.15, 0.2) is 11.7 Å². The van der Waals surface area contributed by atoms with Crippen molar-refractivity contribution in [3.63, 3.8) is 0 Å². The monoisotopic (exact) mass is 449 g/mol. The lowest BCUT2D eigenvalue weighted by Crippen LogP contribution is -2.52. The average Bonchev–Trinajstić information content (AvgIpc) is 2.79. The van der Waals surface area contributed by atoms with Crippen LogP contribution in [0.2, 0.25) is 0 Å². The van der Waals surface area contributed by atoms with Crippen LogP contribution in [-0.4, -0.2) is 36.4 Å². The number of phenolic OH excluding ortho intramolecular Hbond substituents is 1. The molecule has 4 atom stereocenters. The van der Waals surface area contributed by atoms with Crippen molar-refractivity contribution in [1.82, 2.24) is 0 Å². The van der Waals surface area contributed by atoms with Crippen LogP contribution in [0.4, 0.5) is 5.69 Å². The van der Waals surface area contributed by atoms with E-state index in [0.29, 0.717) is 22.6 Å². The Morgan fingerprint density at radius 2 is 1.88 bits per heavy atom. The zero-order valence-corrected chi connectivity index (χ0v) is 19.5. The van der Waals surface area contributed by atoms with Crippen LogP contribution in [0.3, 0.4) is 0 Å². The summed E-state index contributed by atoms with van der Waals surface area (Å²) in [4.78, 5) is 12.9. The number of amides is 1. The lowest BCUT2D eigenvalue weighted by atomic mass is 9.71. The lowest BCUT2D eigenvalue weighted by Gasteiger charge is -2.41. The van der Waals surface area contributed by atoms with Gasteiger partial charge in [-0.3, -0.25) is 4.79 Å². The molecule has 1 amide bonds. The molecule has 4 unspecified atom stereocenters. The number of carbonyl (C=O) groups is 1. The van der Waals surface area contributed by atoms with Gasteiger partial charge in [-0.2, -0.15) is 0 Å². The summed E-state index contributed by atoms with van der Waals surface area (Å²) in [5.74, 6) is 0.170. The van der Waals surface area contributed by atoms with Crippen LogP contribution in [0, 0.1) is 5.92 Å². The summed E-state index contributed by atoms with van der Waals surface area (Å²) in [6, 6.07) is 10.3. The van der Waals surface area contributed by atoms with E-state index in [-0.39, 0.29) is 23.1 Å². The van der Waals surface area contributed by atoms with Crippen molar-refractivity contribution in [2.45, 2.75) is 44.3 Å². The fourth-order valence-corrected chi connectivity index (χ4v) is 5.23. The molecule has 0 fully saturated rings. The Hall–Kier alpha value is -3.09. The normalized spacial score (nSPS) is 26.8. The zero-order chi connectivity index (χ0) is 23.9. The fourth-order valence-electron chi connectivity index (χ4n) is 5.23. The molecule has 0 saturated carbocycles. The van der Waals surface area contributed by atoms with Gasteiger partial charge in [0.05, 0.1) is 18.4 Å². The molecule has 0 spiro atoms. The van der Waals surface area contributed by atoms with E-state index >= 15 is 0 Å². The Morgan fingerprint density at radius 1 is 1.18 bits per heavy atom. The van der Waals surface area contributed by atoms with Gasteiger partial charge in [0, 0.05) is 18.6 Å². The van der Waals surface area contributed by atoms with Crippen LogP contribution < -0.4 is 10.1 Å². The lowest BCUT2D eigenvalue weighted by molar-refractivity contribution is -0.142. The molecule has 0 aromatic heterocycles. The predicted octanol–water partition coefficient (Wildman–Crippen LogP) is 4.62. The molecule has 1 aliphatic carbocycles. The third kappa shape index (κ3) is 3.73. The Kier molecular flexibility index (Phi) is 6.08. The maximum absolute atomic E-state index is 12.9. The molecule has 1 heterocycles. The Balaban J connectivity index is 1.95. The van der Waals surface area contributed by atoms with E-state index in [2.05, 4.69) is 24.9 Å². The highest BCUT2D eigenvalue weighted by atomic mass is 16.5. The first-order chi connectivity index (χ1) is 15.7. The van der Waals surface area contributed by atoms with Crippen molar-refractivity contribution in [3.05, 3.63) is 76.9 Å². The Morgan fingerprint density at radius 3 is 2.48 bits per heavy atom. The van der Waals surface area contributed by atoms with Crippen molar-refractivity contribution in [3.8, 4) is 11.5 Å². The molecule has 1 aliphatic heterocycles. The van der Waals surface area contributed by atoms with Gasteiger partial charge in [-0.25, -0.2) is 0 Å². The minimum absolute atomic E-state index is 0.0462. The fraction of sp³-hybridized carbons (Fsp3) is 0.370. The molecular formula is C27H31NO5. The third-order valence-corrected chi connectivity index (χ3v) is 6.97. The second kappa shape index (κ2) is 8.69. The van der Waals surface area contributed by atoms with E-state index in [9.17, 15) is 15.0 Å². The van der Waals surface area contributed by atoms with E-state index in [0.717, 1.165) is 18.4 Å². The summed E-state index contributed by atoms with van der Waals surface area (Å²) >= 11 is 0. The summed E-state index contributed by atoms with van der Waals surface area (Å²) in [7, 11) is 2.93. The number of hydrogen-bond donors (Lipinski definition) is 3. The molecule has 4 rings (SSSR count). The summed E-state index contributed by atoms with van der Waals surface area (Å²) in [5, 5.41) is 26.5. The second-order valence-corrected chi connectivity index (χ2v) is 9.06. The first kappa shape index (κ1) is 23.1. The molecule has 2 aromatic rings. The van der Waals surface area contributed by atoms with Crippen molar-refractivity contribution < 1.29 is 24.5 Å². The molecule has 6 nitrogen and oxygen atoms in total. The van der Waals surface area contributed by atoms with E-state index in [1.54, 1.807) is 37.4 Å². The number of aromatic hydroxyl groups is 1. The van der Waals surface area contributed by atoms with Gasteiger partial charge in [0.2, 0.25) is 0 Å². The number of benzene rings is 2. The van der Waals surface area contributed by atoms with Gasteiger partial charge in [-0.05, 0) is 56.4 Å². The van der Waals surface area contributed by atoms with Gasteiger partial charge in [0.25, 0.3) is 5.91 Å². The van der Waals surface area contributed by atoms with Crippen LogP contribution in [-0.2, 0) is 15.1 Å². The number of phenols is 1. The van der Waals surface area contributed by atoms with Gasteiger partial charge in [-0.15, -0.1) is 0 Å². The Labute approximate surface area is 194 Å². The third-order valence-electron chi connectivity index (χ3n) is 6.97. The standard InChI is InChI=1S/C27H31NO5/c1-15(2)19-11-6-16(3)14-21(19)20-12-13-22-23(24(20)29)27(31,25(33-5)26(30)28-22)17-7-9-18(32-4)10-8-17/h7-10,12-14,19,21,25,29,31H,1,6,11H2,2-5H3,(H,28,30). The number of fused-ring (bicyclic) bond motifs is 1. The summed E-state index contributed by atoms with van der Waals surface area (Å²) < 4.78 is 10.7. The first-order valence-electron chi connectivity index (χ1n) is 11.1. The molecule has 174 valence electrons. The van der Waals surface area contributed by atoms with Crippen molar-refractivity contribution >= 4 is 11.6 Å². The van der Waals surface area contributed by atoms with Crippen LogP contribution in [0.1, 0.15) is 49.3 Å². The number of aliphatic hydroxyl groups is 1. The van der Waals surface area contributed by atoms with E-state index in [1.807, 2.05) is 13.0 Å². The summed E-state index contributed by atoms with van der Waals surface area (Å²) in [5.41, 5.74) is 2.11. The SMILES string of the molecule is C=C(C)C1CCC(C)=CC1c1ccc2c(c1O)C(O)(c1ccc(OC)cc1)C(OC)C(=O)N2. The van der Waals surface area contributed by atoms with E-state index in [1.165, 1.54) is 12.7 Å². The molecule has 0 saturated heterocycles. The highest BCUT2D eigenvalue weighted by Gasteiger charge is 2.52. The zero-order valence-electron chi connectivity index (χ0n) is 19.5. The number of rotatable bonds is 5. The maximum atomic E-state index is 12.9. The van der Waals surface area contributed by atoms with Crippen molar-refractivity contribution in [1.29, 1.82) is 0 Å². The van der Waals surface area contributed by atoms with Crippen LogP contribution in [0.5, 0.6) is 11.5 Å². The van der Waals surface area contributed by atoms with Crippen LogP contribution in [0.15, 0.2) is 60.2 Å². The number of anilines is 1. The highest BCUT2D eigenvalue weighted by Crippen LogP contribution is 2.51. The largest absolute Gasteiger partial charge is 0.507 e. The van der Waals surface area contributed by atoms with Gasteiger partial charge < -0.3 is 25.0 Å². The van der Waals surface area contributed by atoms with Crippen molar-refractivity contribution in [2.24, 2.45) is 5.92 Å². The second-order valence-electron chi connectivity index (χ2n) is 9.06. The molecule has 2 aliphatic rings. The van der Waals surface area contributed by atoms with E-state index in [4.69, 9.17) is 9.47 Å². The number of hydrogen-bond acceptors (Lipinski definition) is 5. The predicted molar refractivity (Wildman–Crippen MR) is 128 cm³/mol. The van der Waals surface area contributed by atoms with Crippen LogP contribution >= 0.6 is 0 Å². The first-order valence-corrected chi connectivity index (χ1v) is 11.1. The minimum Gasteiger partial charge on any atom is -0.507 e. The molecule has 6 heteroatoms. The average molecular weight is 450 g/mol. The molecule has 33 heavy (non-hydrogen) atoms. The molecule has 3 N–H and O–H groups in total. The van der Waals surface area contributed by atoms with Gasteiger partial charge in [0.1, 0.15) is 11.5 Å². The number of carbonyl (C=O) groups excluding carboxylic acids is 1. The molecule has 2 aromatic carbocycles. The summed E-state index contributed by atoms with van der Waals surface area (Å²) in [6.45, 7) is 8.28.